The summed E-state index contributed by atoms with van der Waals surface area (Å²) in [6.45, 7) is 0. The van der Waals surface area contributed by atoms with Crippen LogP contribution in [0.15, 0.2) is 54.0 Å². The molecule has 0 bridgehead atoms. The lowest BCUT2D eigenvalue weighted by Gasteiger charge is -2.03. The summed E-state index contributed by atoms with van der Waals surface area (Å²) in [6.07, 6.45) is 2.34. The lowest BCUT2D eigenvalue weighted by molar-refractivity contribution is 1.07. The van der Waals surface area contributed by atoms with E-state index in [9.17, 15) is 0 Å². The Kier molecular flexibility index (Phi) is 2.73. The molecule has 0 saturated heterocycles. The Balaban J connectivity index is 1.97. The first-order valence-corrected chi connectivity index (χ1v) is 7.55. The third-order valence-electron chi connectivity index (χ3n) is 3.63. The number of hydrogen-bond donors (Lipinski definition) is 0. The van der Waals surface area contributed by atoms with Crippen molar-refractivity contribution in [2.45, 2.75) is 6.42 Å². The van der Waals surface area contributed by atoms with Gasteiger partial charge >= 0.3 is 0 Å². The average molecular weight is 289 g/mol. The van der Waals surface area contributed by atoms with Crippen molar-refractivity contribution in [2.24, 2.45) is 0 Å². The molecule has 4 aromatic rings. The van der Waals surface area contributed by atoms with Crippen LogP contribution in [0.2, 0.25) is 0 Å². The minimum atomic E-state index is 0.361. The zero-order valence-electron chi connectivity index (χ0n) is 11.2. The molecule has 0 spiro atoms. The molecule has 2 aromatic carbocycles. The molecule has 0 unspecified atom stereocenters. The van der Waals surface area contributed by atoms with E-state index in [4.69, 9.17) is 10.2 Å². The molecule has 0 aliphatic heterocycles. The minimum absolute atomic E-state index is 0.361. The summed E-state index contributed by atoms with van der Waals surface area (Å²) in [6, 6.07) is 16.8. The maximum atomic E-state index is 9.09. The van der Waals surface area contributed by atoms with E-state index in [1.165, 1.54) is 10.8 Å². The highest BCUT2D eigenvalue weighted by atomic mass is 32.1. The summed E-state index contributed by atoms with van der Waals surface area (Å²) < 4.78 is 2.01. The molecule has 4 heteroatoms. The van der Waals surface area contributed by atoms with Crippen molar-refractivity contribution in [2.75, 3.05) is 0 Å². The number of nitrogens with zero attached hydrogens (tertiary/aromatic N) is 3. The van der Waals surface area contributed by atoms with Crippen molar-refractivity contribution in [3.8, 4) is 17.3 Å². The van der Waals surface area contributed by atoms with Gasteiger partial charge in [-0.25, -0.2) is 4.98 Å². The van der Waals surface area contributed by atoms with Crippen molar-refractivity contribution < 1.29 is 0 Å². The van der Waals surface area contributed by atoms with Gasteiger partial charge in [-0.05, 0) is 16.8 Å². The maximum absolute atomic E-state index is 9.09. The summed E-state index contributed by atoms with van der Waals surface area (Å²) in [4.78, 5) is 5.63. The molecule has 21 heavy (non-hydrogen) atoms. The molecule has 0 atom stereocenters. The van der Waals surface area contributed by atoms with Crippen LogP contribution in [-0.2, 0) is 6.42 Å². The van der Waals surface area contributed by atoms with E-state index in [0.29, 0.717) is 6.42 Å². The molecule has 0 fully saturated rings. The smallest absolute Gasteiger partial charge is 0.194 e. The SMILES string of the molecule is N#CCc1c(-c2ccc3ccccc3c2)nc2sccn12. The molecule has 100 valence electrons. The minimum Gasteiger partial charge on any atom is -0.293 e. The molecule has 2 heterocycles. The predicted molar refractivity (Wildman–Crippen MR) is 85.3 cm³/mol. The van der Waals surface area contributed by atoms with E-state index in [1.807, 2.05) is 28.1 Å². The van der Waals surface area contributed by atoms with Crippen molar-refractivity contribution in [1.82, 2.24) is 9.38 Å². The van der Waals surface area contributed by atoms with Gasteiger partial charge < -0.3 is 0 Å². The fraction of sp³-hybridized carbons (Fsp3) is 0.0588. The van der Waals surface area contributed by atoms with Gasteiger partial charge in [0.05, 0.1) is 23.9 Å². The number of benzene rings is 2. The third kappa shape index (κ3) is 1.91. The van der Waals surface area contributed by atoms with Gasteiger partial charge in [0.2, 0.25) is 0 Å². The van der Waals surface area contributed by atoms with Gasteiger partial charge in [0.25, 0.3) is 0 Å². The summed E-state index contributed by atoms with van der Waals surface area (Å²) in [5, 5.41) is 13.5. The molecule has 0 N–H and O–H groups in total. The number of hydrogen-bond acceptors (Lipinski definition) is 3. The molecular weight excluding hydrogens is 278 g/mol. The number of imidazole rings is 1. The molecular formula is C17H11N3S. The van der Waals surface area contributed by atoms with Crippen molar-refractivity contribution in [3.05, 3.63) is 59.7 Å². The van der Waals surface area contributed by atoms with E-state index >= 15 is 0 Å². The van der Waals surface area contributed by atoms with Crippen LogP contribution in [-0.4, -0.2) is 9.38 Å². The Bertz CT molecular complexity index is 988. The summed E-state index contributed by atoms with van der Waals surface area (Å²) >= 11 is 1.59. The van der Waals surface area contributed by atoms with Crippen LogP contribution in [0.25, 0.3) is 27.0 Å². The Morgan fingerprint density at radius 2 is 2.00 bits per heavy atom. The van der Waals surface area contributed by atoms with E-state index in [1.54, 1.807) is 11.3 Å². The largest absolute Gasteiger partial charge is 0.293 e. The predicted octanol–water partition coefficient (Wildman–Crippen LogP) is 4.28. The fourth-order valence-corrected chi connectivity index (χ4v) is 3.38. The number of aromatic nitrogens is 2. The highest BCUT2D eigenvalue weighted by Crippen LogP contribution is 2.29. The first-order chi connectivity index (χ1) is 10.4. The quantitative estimate of drug-likeness (QED) is 0.552. The van der Waals surface area contributed by atoms with Gasteiger partial charge in [-0.3, -0.25) is 4.40 Å². The zero-order chi connectivity index (χ0) is 14.2. The van der Waals surface area contributed by atoms with E-state index in [2.05, 4.69) is 36.4 Å². The number of nitriles is 1. The molecule has 0 radical (unpaired) electrons. The zero-order valence-corrected chi connectivity index (χ0v) is 12.0. The summed E-state index contributed by atoms with van der Waals surface area (Å²) in [7, 11) is 0. The van der Waals surface area contributed by atoms with Crippen molar-refractivity contribution in [1.29, 1.82) is 5.26 Å². The van der Waals surface area contributed by atoms with Crippen LogP contribution in [0.1, 0.15) is 5.69 Å². The molecule has 0 saturated carbocycles. The van der Waals surface area contributed by atoms with Crippen molar-refractivity contribution >= 4 is 27.1 Å². The third-order valence-corrected chi connectivity index (χ3v) is 4.39. The normalized spacial score (nSPS) is 11.0. The van der Waals surface area contributed by atoms with Crippen LogP contribution >= 0.6 is 11.3 Å². The molecule has 4 rings (SSSR count). The lowest BCUT2D eigenvalue weighted by atomic mass is 10.0. The second kappa shape index (κ2) is 4.72. The van der Waals surface area contributed by atoms with Crippen LogP contribution in [0.5, 0.6) is 0 Å². The van der Waals surface area contributed by atoms with Gasteiger partial charge in [-0.2, -0.15) is 5.26 Å². The topological polar surface area (TPSA) is 41.1 Å². The summed E-state index contributed by atoms with van der Waals surface area (Å²) in [5.74, 6) is 0. The van der Waals surface area contributed by atoms with Gasteiger partial charge in [0.1, 0.15) is 0 Å². The van der Waals surface area contributed by atoms with Crippen LogP contribution in [0.3, 0.4) is 0 Å². The number of rotatable bonds is 2. The Morgan fingerprint density at radius 1 is 1.14 bits per heavy atom. The highest BCUT2D eigenvalue weighted by Gasteiger charge is 2.14. The lowest BCUT2D eigenvalue weighted by Crippen LogP contribution is -1.91. The van der Waals surface area contributed by atoms with Crippen LogP contribution in [0, 0.1) is 11.3 Å². The highest BCUT2D eigenvalue weighted by molar-refractivity contribution is 7.15. The van der Waals surface area contributed by atoms with E-state index in [0.717, 1.165) is 21.9 Å². The Morgan fingerprint density at radius 3 is 2.86 bits per heavy atom. The average Bonchev–Trinajstić information content (AvgIpc) is 3.10. The van der Waals surface area contributed by atoms with Gasteiger partial charge in [0, 0.05) is 17.1 Å². The fourth-order valence-electron chi connectivity index (χ4n) is 2.64. The van der Waals surface area contributed by atoms with Gasteiger partial charge in [-0.15, -0.1) is 11.3 Å². The first kappa shape index (κ1) is 12.1. The number of fused-ring (bicyclic) bond motifs is 2. The Hall–Kier alpha value is -2.64. The molecule has 0 aliphatic rings. The standard InChI is InChI=1S/C17H11N3S/c18-8-7-15-16(19-17-20(15)9-10-21-17)14-6-5-12-3-1-2-4-13(12)11-14/h1-6,9-11H,7H2. The number of thiazole rings is 1. The molecule has 2 aromatic heterocycles. The monoisotopic (exact) mass is 289 g/mol. The van der Waals surface area contributed by atoms with Gasteiger partial charge in [-0.1, -0.05) is 36.4 Å². The molecule has 0 aliphatic carbocycles. The second-order valence-electron chi connectivity index (χ2n) is 4.86. The molecule has 0 amide bonds. The van der Waals surface area contributed by atoms with E-state index < -0.39 is 0 Å². The van der Waals surface area contributed by atoms with Crippen LogP contribution in [0.4, 0.5) is 0 Å². The van der Waals surface area contributed by atoms with Crippen molar-refractivity contribution in [3.63, 3.8) is 0 Å². The summed E-state index contributed by atoms with van der Waals surface area (Å²) in [5.41, 5.74) is 2.94. The molecule has 3 nitrogen and oxygen atoms in total. The first-order valence-electron chi connectivity index (χ1n) is 6.67. The maximum Gasteiger partial charge on any atom is 0.194 e. The van der Waals surface area contributed by atoms with Crippen LogP contribution < -0.4 is 0 Å². The second-order valence-corrected chi connectivity index (χ2v) is 5.73. The Labute approximate surface area is 125 Å². The van der Waals surface area contributed by atoms with E-state index in [-0.39, 0.29) is 0 Å². The van der Waals surface area contributed by atoms with Gasteiger partial charge in [0.15, 0.2) is 4.96 Å².